The van der Waals surface area contributed by atoms with Crippen LogP contribution in [0.15, 0.2) is 22.7 Å². The Morgan fingerprint density at radius 2 is 2.20 bits per heavy atom. The van der Waals surface area contributed by atoms with E-state index in [1.165, 1.54) is 48.0 Å². The van der Waals surface area contributed by atoms with Gasteiger partial charge in [0, 0.05) is 28.8 Å². The summed E-state index contributed by atoms with van der Waals surface area (Å²) in [5.41, 5.74) is 2.85. The SMILES string of the molecule is CCCNC(C)c1ccc(Br)cc1N1CCCC1CC. The first-order valence-electron chi connectivity index (χ1n) is 7.96. The minimum Gasteiger partial charge on any atom is -0.368 e. The maximum absolute atomic E-state index is 3.64. The van der Waals surface area contributed by atoms with Crippen LogP contribution in [0.25, 0.3) is 0 Å². The molecule has 0 spiro atoms. The van der Waals surface area contributed by atoms with E-state index in [-0.39, 0.29) is 0 Å². The number of nitrogens with one attached hydrogen (secondary N) is 1. The Hall–Kier alpha value is -0.540. The van der Waals surface area contributed by atoms with E-state index in [0.717, 1.165) is 6.54 Å². The summed E-state index contributed by atoms with van der Waals surface area (Å²) >= 11 is 3.64. The first kappa shape index (κ1) is 15.8. The molecule has 1 aromatic rings. The van der Waals surface area contributed by atoms with Gasteiger partial charge in [-0.05, 0) is 56.8 Å². The van der Waals surface area contributed by atoms with Crippen LogP contribution in [0.4, 0.5) is 5.69 Å². The molecule has 1 N–H and O–H groups in total. The molecule has 0 aliphatic carbocycles. The lowest BCUT2D eigenvalue weighted by molar-refractivity contribution is 0.566. The number of nitrogens with zero attached hydrogens (tertiary/aromatic N) is 1. The number of hydrogen-bond acceptors (Lipinski definition) is 2. The first-order valence-corrected chi connectivity index (χ1v) is 8.76. The Balaban J connectivity index is 2.28. The molecular formula is C17H27BrN2. The maximum atomic E-state index is 3.64. The molecule has 2 rings (SSSR count). The van der Waals surface area contributed by atoms with E-state index in [1.807, 2.05) is 0 Å². The minimum absolute atomic E-state index is 0.413. The van der Waals surface area contributed by atoms with E-state index in [9.17, 15) is 0 Å². The molecule has 1 aliphatic rings. The van der Waals surface area contributed by atoms with Crippen LogP contribution in [-0.2, 0) is 0 Å². The fourth-order valence-corrected chi connectivity index (χ4v) is 3.53. The highest BCUT2D eigenvalue weighted by Crippen LogP contribution is 2.35. The second-order valence-corrected chi connectivity index (χ2v) is 6.69. The quantitative estimate of drug-likeness (QED) is 0.794. The molecule has 0 bridgehead atoms. The molecule has 0 aromatic heterocycles. The van der Waals surface area contributed by atoms with Crippen LogP contribution in [0.2, 0.25) is 0 Å². The lowest BCUT2D eigenvalue weighted by Gasteiger charge is -2.30. The number of anilines is 1. The summed E-state index contributed by atoms with van der Waals surface area (Å²) in [7, 11) is 0. The molecule has 1 heterocycles. The van der Waals surface area contributed by atoms with Crippen molar-refractivity contribution in [2.45, 2.75) is 58.5 Å². The van der Waals surface area contributed by atoms with Crippen LogP contribution in [0.1, 0.15) is 58.1 Å². The van der Waals surface area contributed by atoms with Gasteiger partial charge >= 0.3 is 0 Å². The Labute approximate surface area is 132 Å². The van der Waals surface area contributed by atoms with Crippen LogP contribution in [0.3, 0.4) is 0 Å². The highest BCUT2D eigenvalue weighted by molar-refractivity contribution is 9.10. The Morgan fingerprint density at radius 1 is 1.40 bits per heavy atom. The van der Waals surface area contributed by atoms with Crippen molar-refractivity contribution >= 4 is 21.6 Å². The van der Waals surface area contributed by atoms with Crippen molar-refractivity contribution in [1.29, 1.82) is 0 Å². The highest BCUT2D eigenvalue weighted by atomic mass is 79.9. The zero-order chi connectivity index (χ0) is 14.5. The molecule has 112 valence electrons. The summed E-state index contributed by atoms with van der Waals surface area (Å²) in [6.45, 7) is 9.07. The molecule has 3 heteroatoms. The summed E-state index contributed by atoms with van der Waals surface area (Å²) in [6, 6.07) is 7.86. The van der Waals surface area contributed by atoms with E-state index in [2.05, 4.69) is 65.1 Å². The number of rotatable bonds is 6. The van der Waals surface area contributed by atoms with Crippen LogP contribution in [0, 0.1) is 0 Å². The fourth-order valence-electron chi connectivity index (χ4n) is 3.18. The van der Waals surface area contributed by atoms with Gasteiger partial charge in [0.1, 0.15) is 0 Å². The van der Waals surface area contributed by atoms with Crippen molar-refractivity contribution in [3.63, 3.8) is 0 Å². The van der Waals surface area contributed by atoms with Crippen LogP contribution >= 0.6 is 15.9 Å². The lowest BCUT2D eigenvalue weighted by atomic mass is 10.0. The topological polar surface area (TPSA) is 15.3 Å². The molecule has 2 unspecified atom stereocenters. The van der Waals surface area contributed by atoms with Crippen LogP contribution in [0.5, 0.6) is 0 Å². The largest absolute Gasteiger partial charge is 0.368 e. The third kappa shape index (κ3) is 3.56. The van der Waals surface area contributed by atoms with E-state index < -0.39 is 0 Å². The second-order valence-electron chi connectivity index (χ2n) is 5.78. The smallest absolute Gasteiger partial charge is 0.0428 e. The molecule has 1 aliphatic heterocycles. The fraction of sp³-hybridized carbons (Fsp3) is 0.647. The van der Waals surface area contributed by atoms with Crippen molar-refractivity contribution in [2.75, 3.05) is 18.0 Å². The predicted molar refractivity (Wildman–Crippen MR) is 91.5 cm³/mol. The molecule has 1 saturated heterocycles. The van der Waals surface area contributed by atoms with Gasteiger partial charge < -0.3 is 10.2 Å². The molecule has 2 nitrogen and oxygen atoms in total. The molecule has 20 heavy (non-hydrogen) atoms. The summed E-state index contributed by atoms with van der Waals surface area (Å²) in [5.74, 6) is 0. The van der Waals surface area contributed by atoms with Crippen molar-refractivity contribution < 1.29 is 0 Å². The zero-order valence-corrected chi connectivity index (χ0v) is 14.5. The average Bonchev–Trinajstić information content (AvgIpc) is 2.92. The van der Waals surface area contributed by atoms with Gasteiger partial charge in [-0.2, -0.15) is 0 Å². The monoisotopic (exact) mass is 338 g/mol. The first-order chi connectivity index (χ1) is 9.67. The number of benzene rings is 1. The molecule has 0 amide bonds. The minimum atomic E-state index is 0.413. The van der Waals surface area contributed by atoms with E-state index in [1.54, 1.807) is 0 Å². The van der Waals surface area contributed by atoms with E-state index >= 15 is 0 Å². The molecule has 1 aromatic carbocycles. The van der Waals surface area contributed by atoms with Gasteiger partial charge in [0.15, 0.2) is 0 Å². The van der Waals surface area contributed by atoms with Crippen molar-refractivity contribution in [2.24, 2.45) is 0 Å². The van der Waals surface area contributed by atoms with E-state index in [0.29, 0.717) is 12.1 Å². The highest BCUT2D eigenvalue weighted by Gasteiger charge is 2.26. The third-order valence-electron chi connectivity index (χ3n) is 4.32. The Morgan fingerprint density at radius 3 is 2.90 bits per heavy atom. The van der Waals surface area contributed by atoms with Crippen molar-refractivity contribution in [1.82, 2.24) is 5.32 Å². The normalized spacial score (nSPS) is 20.4. The van der Waals surface area contributed by atoms with Crippen molar-refractivity contribution in [3.05, 3.63) is 28.2 Å². The molecular weight excluding hydrogens is 312 g/mol. The van der Waals surface area contributed by atoms with Crippen LogP contribution in [-0.4, -0.2) is 19.1 Å². The van der Waals surface area contributed by atoms with Gasteiger partial charge in [-0.1, -0.05) is 35.8 Å². The van der Waals surface area contributed by atoms with Gasteiger partial charge in [-0.25, -0.2) is 0 Å². The lowest BCUT2D eigenvalue weighted by Crippen LogP contribution is -2.31. The summed E-state index contributed by atoms with van der Waals surface area (Å²) in [5, 5.41) is 3.62. The molecule has 0 radical (unpaired) electrons. The van der Waals surface area contributed by atoms with Gasteiger partial charge in [0.25, 0.3) is 0 Å². The standard InChI is InChI=1S/C17H27BrN2/c1-4-10-19-13(3)16-9-8-14(18)12-17(16)20-11-6-7-15(20)5-2/h8-9,12-13,15,19H,4-7,10-11H2,1-3H3. The van der Waals surface area contributed by atoms with Gasteiger partial charge in [-0.15, -0.1) is 0 Å². The summed E-state index contributed by atoms with van der Waals surface area (Å²) < 4.78 is 1.18. The number of hydrogen-bond donors (Lipinski definition) is 1. The maximum Gasteiger partial charge on any atom is 0.0428 e. The summed E-state index contributed by atoms with van der Waals surface area (Å²) in [6.07, 6.45) is 5.07. The van der Waals surface area contributed by atoms with Gasteiger partial charge in [0.2, 0.25) is 0 Å². The molecule has 0 saturated carbocycles. The average molecular weight is 339 g/mol. The second kappa shape index (κ2) is 7.46. The Bertz CT molecular complexity index is 433. The van der Waals surface area contributed by atoms with E-state index in [4.69, 9.17) is 0 Å². The van der Waals surface area contributed by atoms with Gasteiger partial charge in [-0.3, -0.25) is 0 Å². The number of halogens is 1. The third-order valence-corrected chi connectivity index (χ3v) is 4.81. The molecule has 2 atom stereocenters. The summed E-state index contributed by atoms with van der Waals surface area (Å²) in [4.78, 5) is 2.62. The Kier molecular flexibility index (Phi) is 5.91. The zero-order valence-electron chi connectivity index (χ0n) is 13.0. The van der Waals surface area contributed by atoms with Crippen LogP contribution < -0.4 is 10.2 Å². The van der Waals surface area contributed by atoms with Gasteiger partial charge in [0.05, 0.1) is 0 Å². The molecule has 1 fully saturated rings. The predicted octanol–water partition coefficient (Wildman–Crippen LogP) is 4.89. The van der Waals surface area contributed by atoms with Crippen molar-refractivity contribution in [3.8, 4) is 0 Å².